The smallest absolute Gasteiger partial charge is 0.407 e. The molecule has 0 aromatic carbocycles. The molecule has 0 fully saturated rings. The van der Waals surface area contributed by atoms with Gasteiger partial charge >= 0.3 is 18.0 Å². The summed E-state index contributed by atoms with van der Waals surface area (Å²) in [5.41, 5.74) is 0. The molecule has 0 radical (unpaired) electrons. The van der Waals surface area contributed by atoms with Crippen molar-refractivity contribution in [2.45, 2.75) is 374 Å². The lowest BCUT2D eigenvalue weighted by atomic mass is 9.97. The zero-order valence-corrected chi connectivity index (χ0v) is 53.2. The fraction of sp³-hybridized carbons (Fsp3) is 0.913. The Morgan fingerprint density at radius 2 is 0.835 bits per heavy atom. The number of hydrogen-bond donors (Lipinski definition) is 1. The molecule has 1 N–H and O–H groups in total. The van der Waals surface area contributed by atoms with Crippen molar-refractivity contribution in [1.82, 2.24) is 15.1 Å². The van der Waals surface area contributed by atoms with Crippen LogP contribution in [0.5, 0.6) is 0 Å². The molecule has 0 aromatic rings. The number of allylic oxidation sites excluding steroid dienone is 2. The molecule has 2 amide bonds. The monoisotopic (exact) mass is 1110 g/mol. The van der Waals surface area contributed by atoms with E-state index < -0.39 is 0 Å². The summed E-state index contributed by atoms with van der Waals surface area (Å²) in [5.74, 6) is 0.328. The fourth-order valence-corrected chi connectivity index (χ4v) is 11.5. The maximum atomic E-state index is 14.3. The zero-order valence-electron chi connectivity index (χ0n) is 53.2. The summed E-state index contributed by atoms with van der Waals surface area (Å²) in [6.07, 6.45) is 57.0. The second-order valence-electron chi connectivity index (χ2n) is 24.3. The average Bonchev–Trinajstić information content (AvgIpc) is 3.43. The second kappa shape index (κ2) is 55.9. The van der Waals surface area contributed by atoms with Crippen LogP contribution in [0.15, 0.2) is 12.2 Å². The molecule has 10 nitrogen and oxygen atoms in total. The Kier molecular flexibility index (Phi) is 52.6. The summed E-state index contributed by atoms with van der Waals surface area (Å²) in [5, 5.41) is 2.99. The average molecular weight is 1110 g/mol. The lowest BCUT2D eigenvalue weighted by Gasteiger charge is -2.33. The molecular weight excluding hydrogens is 983 g/mol. The Balaban J connectivity index is 2.84. The van der Waals surface area contributed by atoms with Gasteiger partial charge in [0.1, 0.15) is 18.3 Å². The molecule has 0 aromatic heterocycles. The van der Waals surface area contributed by atoms with Crippen molar-refractivity contribution in [3.63, 3.8) is 0 Å². The molecular formula is C69H131N3O7. The summed E-state index contributed by atoms with van der Waals surface area (Å²) < 4.78 is 17.9. The molecule has 1 aliphatic rings. The molecule has 10 heteroatoms. The van der Waals surface area contributed by atoms with Gasteiger partial charge in [-0.15, -0.1) is 0 Å². The number of ether oxygens (including phenoxy) is 3. The normalized spacial score (nSPS) is 14.2. The highest BCUT2D eigenvalue weighted by atomic mass is 16.6. The van der Waals surface area contributed by atoms with Gasteiger partial charge in [-0.05, 0) is 149 Å². The van der Waals surface area contributed by atoms with Crippen LogP contribution in [0.3, 0.4) is 0 Å². The number of nitrogens with zero attached hydrogens (tertiary/aromatic N) is 2. The minimum Gasteiger partial charge on any atom is -0.462 e. The molecule has 0 spiro atoms. The number of alkyl carbamates (subject to hydrolysis) is 1. The summed E-state index contributed by atoms with van der Waals surface area (Å²) in [6.45, 7) is 14.4. The van der Waals surface area contributed by atoms with Crippen molar-refractivity contribution < 1.29 is 33.4 Å². The topological polar surface area (TPSA) is 114 Å². The van der Waals surface area contributed by atoms with Gasteiger partial charge in [0.05, 0.1) is 0 Å². The van der Waals surface area contributed by atoms with E-state index >= 15 is 0 Å². The first-order chi connectivity index (χ1) is 38.7. The van der Waals surface area contributed by atoms with E-state index in [-0.39, 0.29) is 42.4 Å². The van der Waals surface area contributed by atoms with Gasteiger partial charge < -0.3 is 29.3 Å². The van der Waals surface area contributed by atoms with Gasteiger partial charge in [0.2, 0.25) is 5.91 Å². The van der Waals surface area contributed by atoms with Crippen LogP contribution < -0.4 is 5.32 Å². The largest absolute Gasteiger partial charge is 0.462 e. The summed E-state index contributed by atoms with van der Waals surface area (Å²) in [4.78, 5) is 57.4. The van der Waals surface area contributed by atoms with Gasteiger partial charge in [-0.2, -0.15) is 0 Å². The van der Waals surface area contributed by atoms with Crippen molar-refractivity contribution in [1.29, 1.82) is 0 Å². The number of nitrogens with one attached hydrogen (secondary N) is 1. The first-order valence-corrected chi connectivity index (χ1v) is 34.6. The third-order valence-corrected chi connectivity index (χ3v) is 16.6. The van der Waals surface area contributed by atoms with E-state index in [1.807, 2.05) is 0 Å². The van der Waals surface area contributed by atoms with Gasteiger partial charge in [-0.25, -0.2) is 4.79 Å². The molecule has 0 aliphatic heterocycles. The highest BCUT2D eigenvalue weighted by Gasteiger charge is 2.24. The van der Waals surface area contributed by atoms with Crippen LogP contribution in [0.1, 0.15) is 349 Å². The van der Waals surface area contributed by atoms with E-state index in [0.717, 1.165) is 219 Å². The van der Waals surface area contributed by atoms with E-state index in [1.165, 1.54) is 96.3 Å². The molecule has 0 bridgehead atoms. The van der Waals surface area contributed by atoms with Crippen molar-refractivity contribution in [2.24, 2.45) is 0 Å². The summed E-state index contributed by atoms with van der Waals surface area (Å²) in [7, 11) is 2.16. The SMILES string of the molecule is CCCCCCCC(=O)N(CCCN(C)CCCNC(=O)OC1CC/C=C/CCC1)C(CCCCCCCCC(=O)OC(CCCCCC)CCCCCC)CCCCCCCCC(=O)OC(CCCCCC)CCCCCC. The van der Waals surface area contributed by atoms with Crippen molar-refractivity contribution in [3.8, 4) is 0 Å². The van der Waals surface area contributed by atoms with Gasteiger partial charge in [0, 0.05) is 38.4 Å². The van der Waals surface area contributed by atoms with E-state index in [4.69, 9.17) is 14.2 Å². The number of carbonyl (C=O) groups is 4. The maximum absolute atomic E-state index is 14.3. The quantitative estimate of drug-likeness (QED) is 0.0277. The highest BCUT2D eigenvalue weighted by molar-refractivity contribution is 5.76. The summed E-state index contributed by atoms with van der Waals surface area (Å²) >= 11 is 0. The predicted octanol–water partition coefficient (Wildman–Crippen LogP) is 19.8. The lowest BCUT2D eigenvalue weighted by molar-refractivity contribution is -0.151. The molecule has 1 aliphatic carbocycles. The number of hydrogen-bond acceptors (Lipinski definition) is 8. The highest BCUT2D eigenvalue weighted by Crippen LogP contribution is 2.24. The molecule has 1 unspecified atom stereocenters. The van der Waals surface area contributed by atoms with E-state index in [9.17, 15) is 19.2 Å². The van der Waals surface area contributed by atoms with Gasteiger partial charge in [-0.3, -0.25) is 14.4 Å². The van der Waals surface area contributed by atoms with Gasteiger partial charge in [-0.1, -0.05) is 214 Å². The first-order valence-electron chi connectivity index (χ1n) is 34.6. The van der Waals surface area contributed by atoms with Crippen molar-refractivity contribution in [2.75, 3.05) is 33.2 Å². The van der Waals surface area contributed by atoms with Crippen molar-refractivity contribution >= 4 is 23.9 Å². The lowest BCUT2D eigenvalue weighted by Crippen LogP contribution is -2.42. The summed E-state index contributed by atoms with van der Waals surface area (Å²) in [6, 6.07) is 0.246. The van der Waals surface area contributed by atoms with Crippen LogP contribution in [0.2, 0.25) is 0 Å². The van der Waals surface area contributed by atoms with Crippen molar-refractivity contribution in [3.05, 3.63) is 12.2 Å². The third kappa shape index (κ3) is 46.5. The predicted molar refractivity (Wildman–Crippen MR) is 335 cm³/mol. The van der Waals surface area contributed by atoms with Gasteiger partial charge in [0.15, 0.2) is 0 Å². The molecule has 1 rings (SSSR count). The fourth-order valence-electron chi connectivity index (χ4n) is 11.5. The minimum absolute atomic E-state index is 0.00126. The Morgan fingerprint density at radius 3 is 1.32 bits per heavy atom. The van der Waals surface area contributed by atoms with Crippen LogP contribution in [-0.4, -0.2) is 91.3 Å². The standard InChI is InChI=1S/C69H131N3O7/c1-7-12-17-27-42-55-66(73)72(61-46-60-71(6)59-45-58-70-69(76)79-65-53-40-30-26-31-41-54-65)62(47-34-28-22-24-32-43-56-67(74)77-63(49-36-18-13-8-2)50-37-19-14-9-3)48-35-29-23-25-33-44-57-68(75)78-64(51-38-20-15-10-4)52-39-21-16-11-5/h26,30,62-65H,7-25,27-29,31-61H2,1-6H3,(H,70,76)/b30-26+. The molecule has 464 valence electrons. The molecule has 0 saturated heterocycles. The van der Waals surface area contributed by atoms with Crippen LogP contribution in [0.25, 0.3) is 0 Å². The van der Waals surface area contributed by atoms with E-state index in [0.29, 0.717) is 31.7 Å². The van der Waals surface area contributed by atoms with Crippen LogP contribution in [-0.2, 0) is 28.6 Å². The number of unbranched alkanes of at least 4 members (excludes halogenated alkanes) is 26. The zero-order chi connectivity index (χ0) is 57.5. The van der Waals surface area contributed by atoms with E-state index in [1.54, 1.807) is 0 Å². The van der Waals surface area contributed by atoms with E-state index in [2.05, 4.69) is 68.9 Å². The minimum atomic E-state index is -0.295. The first kappa shape index (κ1) is 74.4. The Bertz CT molecular complexity index is 1340. The molecule has 79 heavy (non-hydrogen) atoms. The number of amides is 2. The third-order valence-electron chi connectivity index (χ3n) is 16.6. The van der Waals surface area contributed by atoms with Crippen LogP contribution >= 0.6 is 0 Å². The maximum Gasteiger partial charge on any atom is 0.407 e. The Hall–Kier alpha value is -2.62. The Labute approximate surface area is 489 Å². The van der Waals surface area contributed by atoms with Crippen LogP contribution in [0, 0.1) is 0 Å². The molecule has 1 atom stereocenters. The number of carbonyl (C=O) groups excluding carboxylic acids is 4. The van der Waals surface area contributed by atoms with Gasteiger partial charge in [0.25, 0.3) is 0 Å². The Morgan fingerprint density at radius 1 is 0.443 bits per heavy atom. The van der Waals surface area contributed by atoms with Crippen LogP contribution in [0.4, 0.5) is 4.79 Å². The number of esters is 2. The second-order valence-corrected chi connectivity index (χ2v) is 24.3. The molecule has 0 heterocycles. The molecule has 0 saturated carbocycles. The number of rotatable bonds is 56.